The first-order valence-corrected chi connectivity index (χ1v) is 11.5. The van der Waals surface area contributed by atoms with Crippen molar-refractivity contribution >= 4 is 21.9 Å². The van der Waals surface area contributed by atoms with Gasteiger partial charge in [-0.05, 0) is 68.6 Å². The van der Waals surface area contributed by atoms with Gasteiger partial charge in [-0.2, -0.15) is 0 Å². The molecule has 1 saturated heterocycles. The Labute approximate surface area is 191 Å². The second-order valence-electron chi connectivity index (χ2n) is 9.23. The molecule has 1 atom stereocenters. The Morgan fingerprint density at radius 3 is 2.85 bits per heavy atom. The molecule has 0 spiro atoms. The van der Waals surface area contributed by atoms with Crippen LogP contribution in [0, 0.1) is 18.7 Å². The summed E-state index contributed by atoms with van der Waals surface area (Å²) in [7, 11) is 0. The SMILES string of the molecule is Cc1cc2ccc(OCC(C)CN3CCC(c4noc5cc(F)ccc45)CC3)cc2[nH]c1=O. The van der Waals surface area contributed by atoms with Gasteiger partial charge in [-0.15, -0.1) is 0 Å². The second kappa shape index (κ2) is 8.98. The number of nitrogens with zero attached hydrogens (tertiary/aromatic N) is 2. The topological polar surface area (TPSA) is 71.4 Å². The number of aromatic amines is 1. The molecule has 1 aliphatic heterocycles. The fourth-order valence-corrected chi connectivity index (χ4v) is 4.73. The predicted octanol–water partition coefficient (Wildman–Crippen LogP) is 5.01. The summed E-state index contributed by atoms with van der Waals surface area (Å²) in [5.74, 6) is 1.17. The molecule has 4 aromatic rings. The van der Waals surface area contributed by atoms with Gasteiger partial charge in [0, 0.05) is 41.5 Å². The number of likely N-dealkylation sites (tertiary alicyclic amines) is 1. The van der Waals surface area contributed by atoms with Crippen LogP contribution < -0.4 is 10.3 Å². The largest absolute Gasteiger partial charge is 0.493 e. The van der Waals surface area contributed by atoms with Crippen LogP contribution in [0.3, 0.4) is 0 Å². The van der Waals surface area contributed by atoms with Gasteiger partial charge in [0.25, 0.3) is 5.56 Å². The maximum atomic E-state index is 13.4. The zero-order valence-corrected chi connectivity index (χ0v) is 18.9. The summed E-state index contributed by atoms with van der Waals surface area (Å²) < 4.78 is 24.8. The third-order valence-electron chi connectivity index (χ3n) is 6.54. The number of rotatable bonds is 6. The summed E-state index contributed by atoms with van der Waals surface area (Å²) in [4.78, 5) is 17.3. The van der Waals surface area contributed by atoms with Crippen molar-refractivity contribution in [3.63, 3.8) is 0 Å². The molecular weight excluding hydrogens is 421 g/mol. The van der Waals surface area contributed by atoms with E-state index in [9.17, 15) is 9.18 Å². The molecule has 0 amide bonds. The van der Waals surface area contributed by atoms with Crippen molar-refractivity contribution in [2.24, 2.45) is 5.92 Å². The number of aromatic nitrogens is 2. The molecule has 172 valence electrons. The lowest BCUT2D eigenvalue weighted by atomic mass is 9.91. The number of hydrogen-bond donors (Lipinski definition) is 1. The lowest BCUT2D eigenvalue weighted by Crippen LogP contribution is -2.37. The highest BCUT2D eigenvalue weighted by Gasteiger charge is 2.26. The van der Waals surface area contributed by atoms with Crippen LogP contribution in [0.1, 0.15) is 36.9 Å². The second-order valence-corrected chi connectivity index (χ2v) is 9.23. The van der Waals surface area contributed by atoms with E-state index in [0.29, 0.717) is 29.6 Å². The van der Waals surface area contributed by atoms with Crippen LogP contribution in [-0.4, -0.2) is 41.3 Å². The van der Waals surface area contributed by atoms with E-state index in [0.717, 1.165) is 60.2 Å². The van der Waals surface area contributed by atoms with Crippen molar-refractivity contribution in [2.75, 3.05) is 26.2 Å². The average Bonchev–Trinajstić information content (AvgIpc) is 3.22. The van der Waals surface area contributed by atoms with Gasteiger partial charge in [0.1, 0.15) is 11.6 Å². The summed E-state index contributed by atoms with van der Waals surface area (Å²) in [6.07, 6.45) is 2.01. The summed E-state index contributed by atoms with van der Waals surface area (Å²) in [5, 5.41) is 6.16. The normalized spacial score (nSPS) is 16.5. The Hall–Kier alpha value is -3.19. The number of ether oxygens (including phenoxy) is 1. The zero-order chi connectivity index (χ0) is 22.9. The molecule has 0 aliphatic carbocycles. The number of fused-ring (bicyclic) bond motifs is 2. The molecule has 2 aromatic heterocycles. The smallest absolute Gasteiger partial charge is 0.251 e. The van der Waals surface area contributed by atoms with Crippen LogP contribution in [-0.2, 0) is 0 Å². The molecule has 7 heteroatoms. The molecule has 33 heavy (non-hydrogen) atoms. The summed E-state index contributed by atoms with van der Waals surface area (Å²) in [5.41, 5.74) is 2.90. The zero-order valence-electron chi connectivity index (χ0n) is 18.9. The van der Waals surface area contributed by atoms with Gasteiger partial charge in [0.2, 0.25) is 0 Å². The number of piperidine rings is 1. The maximum Gasteiger partial charge on any atom is 0.251 e. The van der Waals surface area contributed by atoms with Crippen molar-refractivity contribution in [1.82, 2.24) is 15.0 Å². The fraction of sp³-hybridized carbons (Fsp3) is 0.385. The number of benzene rings is 2. The van der Waals surface area contributed by atoms with Crippen molar-refractivity contribution in [1.29, 1.82) is 0 Å². The van der Waals surface area contributed by atoms with E-state index in [2.05, 4.69) is 22.0 Å². The summed E-state index contributed by atoms with van der Waals surface area (Å²) >= 11 is 0. The number of halogens is 1. The molecule has 0 radical (unpaired) electrons. The molecule has 3 heterocycles. The van der Waals surface area contributed by atoms with Crippen LogP contribution >= 0.6 is 0 Å². The number of pyridine rings is 1. The quantitative estimate of drug-likeness (QED) is 0.448. The van der Waals surface area contributed by atoms with Crippen LogP contribution in [0.5, 0.6) is 5.75 Å². The van der Waals surface area contributed by atoms with Gasteiger partial charge in [-0.25, -0.2) is 4.39 Å². The molecule has 2 aromatic carbocycles. The van der Waals surface area contributed by atoms with Gasteiger partial charge < -0.3 is 19.1 Å². The van der Waals surface area contributed by atoms with E-state index in [1.807, 2.05) is 31.2 Å². The molecule has 1 fully saturated rings. The minimum absolute atomic E-state index is 0.0674. The highest BCUT2D eigenvalue weighted by molar-refractivity contribution is 5.80. The highest BCUT2D eigenvalue weighted by Crippen LogP contribution is 2.33. The minimum Gasteiger partial charge on any atom is -0.493 e. The molecule has 1 N–H and O–H groups in total. The van der Waals surface area contributed by atoms with Gasteiger partial charge in [0.05, 0.1) is 17.8 Å². The standard InChI is InChI=1S/C26H28FN3O3/c1-16(15-32-21-5-3-19-11-17(2)26(31)28-23(19)13-21)14-30-9-7-18(8-10-30)25-22-6-4-20(27)12-24(22)33-29-25/h3-6,11-13,16,18H,7-10,14-15H2,1-2H3,(H,28,31). The summed E-state index contributed by atoms with van der Waals surface area (Å²) in [6, 6.07) is 12.3. The Kier molecular flexibility index (Phi) is 5.89. The Morgan fingerprint density at radius 1 is 1.21 bits per heavy atom. The third kappa shape index (κ3) is 4.64. The van der Waals surface area contributed by atoms with Gasteiger partial charge in [-0.3, -0.25) is 4.79 Å². The maximum absolute atomic E-state index is 13.4. The van der Waals surface area contributed by atoms with Crippen LogP contribution in [0.2, 0.25) is 0 Å². The molecule has 0 bridgehead atoms. The first-order valence-electron chi connectivity index (χ1n) is 11.5. The van der Waals surface area contributed by atoms with Crippen LogP contribution in [0.4, 0.5) is 4.39 Å². The Morgan fingerprint density at radius 2 is 2.03 bits per heavy atom. The molecule has 5 rings (SSSR count). The van der Waals surface area contributed by atoms with E-state index in [1.165, 1.54) is 12.1 Å². The van der Waals surface area contributed by atoms with Crippen molar-refractivity contribution < 1.29 is 13.7 Å². The van der Waals surface area contributed by atoms with Crippen molar-refractivity contribution in [3.8, 4) is 5.75 Å². The number of nitrogens with one attached hydrogen (secondary N) is 1. The van der Waals surface area contributed by atoms with Crippen molar-refractivity contribution in [2.45, 2.75) is 32.6 Å². The van der Waals surface area contributed by atoms with Gasteiger partial charge in [0.15, 0.2) is 5.58 Å². The molecule has 1 unspecified atom stereocenters. The predicted molar refractivity (Wildman–Crippen MR) is 126 cm³/mol. The fourth-order valence-electron chi connectivity index (χ4n) is 4.73. The average molecular weight is 450 g/mol. The van der Waals surface area contributed by atoms with Gasteiger partial charge >= 0.3 is 0 Å². The lowest BCUT2D eigenvalue weighted by molar-refractivity contribution is 0.155. The summed E-state index contributed by atoms with van der Waals surface area (Å²) in [6.45, 7) is 7.55. The van der Waals surface area contributed by atoms with E-state index in [-0.39, 0.29) is 11.4 Å². The third-order valence-corrected chi connectivity index (χ3v) is 6.54. The number of H-pyrrole nitrogens is 1. The van der Waals surface area contributed by atoms with E-state index in [1.54, 1.807) is 6.07 Å². The van der Waals surface area contributed by atoms with E-state index >= 15 is 0 Å². The minimum atomic E-state index is -0.303. The van der Waals surface area contributed by atoms with E-state index < -0.39 is 0 Å². The highest BCUT2D eigenvalue weighted by atomic mass is 19.1. The van der Waals surface area contributed by atoms with Gasteiger partial charge in [-0.1, -0.05) is 12.1 Å². The Balaban J connectivity index is 1.14. The van der Waals surface area contributed by atoms with Crippen molar-refractivity contribution in [3.05, 3.63) is 69.9 Å². The Bertz CT molecular complexity index is 1340. The van der Waals surface area contributed by atoms with Crippen LogP contribution in [0.15, 0.2) is 51.8 Å². The number of hydrogen-bond acceptors (Lipinski definition) is 5. The van der Waals surface area contributed by atoms with E-state index in [4.69, 9.17) is 9.26 Å². The molecule has 1 aliphatic rings. The van der Waals surface area contributed by atoms with Crippen LogP contribution in [0.25, 0.3) is 21.9 Å². The lowest BCUT2D eigenvalue weighted by Gasteiger charge is -2.32. The molecule has 0 saturated carbocycles. The number of aryl methyl sites for hydroxylation is 1. The molecule has 6 nitrogen and oxygen atoms in total. The molecular formula is C26H28FN3O3. The first-order chi connectivity index (χ1) is 16.0. The first kappa shape index (κ1) is 21.6. The monoisotopic (exact) mass is 449 g/mol.